The number of alkyl halides is 4. The van der Waals surface area contributed by atoms with Gasteiger partial charge in [-0.3, -0.25) is 4.79 Å². The van der Waals surface area contributed by atoms with Crippen molar-refractivity contribution in [1.82, 2.24) is 14.9 Å². The molecular weight excluding hydrogens is 404 g/mol. The Kier molecular flexibility index (Phi) is 4.76. The third-order valence-electron chi connectivity index (χ3n) is 5.04. The summed E-state index contributed by atoms with van der Waals surface area (Å²) in [7, 11) is 0. The molecule has 1 fully saturated rings. The first-order valence-corrected chi connectivity index (χ1v) is 9.22. The van der Waals surface area contributed by atoms with Crippen molar-refractivity contribution in [2.75, 3.05) is 13.1 Å². The molecule has 1 aliphatic rings. The van der Waals surface area contributed by atoms with E-state index in [0.29, 0.717) is 0 Å². The lowest BCUT2D eigenvalue weighted by molar-refractivity contribution is -0.136. The van der Waals surface area contributed by atoms with Crippen molar-refractivity contribution in [3.8, 4) is 11.4 Å². The molecule has 1 amide bonds. The van der Waals surface area contributed by atoms with Gasteiger partial charge in [0.05, 0.1) is 24.2 Å². The van der Waals surface area contributed by atoms with Crippen LogP contribution in [0.25, 0.3) is 22.4 Å². The van der Waals surface area contributed by atoms with E-state index in [9.17, 15) is 22.4 Å². The summed E-state index contributed by atoms with van der Waals surface area (Å²) in [6, 6.07) is 3.81. The van der Waals surface area contributed by atoms with Crippen LogP contribution >= 0.6 is 0 Å². The number of carbonyl (C=O) groups is 1. The number of carbonyl (C=O) groups excluding carboxylic acids is 1. The lowest BCUT2D eigenvalue weighted by atomic mass is 10.1. The van der Waals surface area contributed by atoms with Crippen molar-refractivity contribution in [2.45, 2.75) is 31.7 Å². The zero-order chi connectivity index (χ0) is 21.7. The maximum Gasteiger partial charge on any atom is 0.420 e. The Bertz CT molecular complexity index is 1110. The van der Waals surface area contributed by atoms with Crippen LogP contribution in [0, 0.1) is 0 Å². The van der Waals surface area contributed by atoms with Crippen LogP contribution in [-0.4, -0.2) is 39.5 Å². The van der Waals surface area contributed by atoms with Crippen molar-refractivity contribution in [1.29, 1.82) is 0 Å². The number of aromatic nitrogens is 2. The summed E-state index contributed by atoms with van der Waals surface area (Å²) in [6.07, 6.45) is -1.94. The van der Waals surface area contributed by atoms with Crippen molar-refractivity contribution in [3.05, 3.63) is 47.5 Å². The van der Waals surface area contributed by atoms with E-state index >= 15 is 0 Å². The number of likely N-dealkylation sites (tertiary alicyclic amines) is 1. The SMILES string of the molecule is CC1(F)CCN(C(=O)c2cnc(-c3cc(C(F)(F)F)c4oc(CN)cc4c3)nc2)C1. The lowest BCUT2D eigenvalue weighted by Crippen LogP contribution is -2.32. The van der Waals surface area contributed by atoms with Gasteiger partial charge in [-0.05, 0) is 25.1 Å². The molecule has 1 aliphatic heterocycles. The zero-order valence-corrected chi connectivity index (χ0v) is 16.0. The fourth-order valence-corrected chi connectivity index (χ4v) is 3.51. The van der Waals surface area contributed by atoms with Crippen LogP contribution in [0.2, 0.25) is 0 Å². The smallest absolute Gasteiger partial charge is 0.420 e. The first-order valence-electron chi connectivity index (χ1n) is 9.22. The first kappa shape index (κ1) is 20.3. The molecule has 6 nitrogen and oxygen atoms in total. The van der Waals surface area contributed by atoms with Gasteiger partial charge in [0.15, 0.2) is 5.82 Å². The van der Waals surface area contributed by atoms with E-state index in [1.54, 1.807) is 0 Å². The fraction of sp³-hybridized carbons (Fsp3) is 0.350. The molecule has 1 unspecified atom stereocenters. The van der Waals surface area contributed by atoms with Gasteiger partial charge < -0.3 is 15.1 Å². The predicted molar refractivity (Wildman–Crippen MR) is 100 cm³/mol. The summed E-state index contributed by atoms with van der Waals surface area (Å²) in [4.78, 5) is 22.0. The maximum absolute atomic E-state index is 14.0. The fourth-order valence-electron chi connectivity index (χ4n) is 3.51. The molecule has 0 spiro atoms. The molecule has 158 valence electrons. The van der Waals surface area contributed by atoms with Gasteiger partial charge in [0.25, 0.3) is 5.91 Å². The second kappa shape index (κ2) is 7.05. The molecule has 0 aliphatic carbocycles. The van der Waals surface area contributed by atoms with Crippen molar-refractivity contribution in [2.24, 2.45) is 5.73 Å². The zero-order valence-electron chi connectivity index (χ0n) is 16.0. The van der Waals surface area contributed by atoms with Gasteiger partial charge in [0, 0.05) is 36.3 Å². The number of nitrogens with zero attached hydrogens (tertiary/aromatic N) is 3. The third-order valence-corrected chi connectivity index (χ3v) is 5.04. The van der Waals surface area contributed by atoms with Crippen molar-refractivity contribution < 1.29 is 26.8 Å². The average molecular weight is 422 g/mol. The Morgan fingerprint density at radius 2 is 1.97 bits per heavy atom. The minimum Gasteiger partial charge on any atom is -0.459 e. The van der Waals surface area contributed by atoms with E-state index in [0.717, 1.165) is 6.07 Å². The standard InChI is InChI=1S/C20H18F4N4O2/c1-19(21)2-3-28(10-19)18(29)13-8-26-17(27-9-13)12-4-11-5-14(7-25)30-16(11)15(6-12)20(22,23)24/h4-6,8-9H,2-3,7,10,25H2,1H3. The topological polar surface area (TPSA) is 85.2 Å². The predicted octanol–water partition coefficient (Wildman–Crippen LogP) is 3.94. The van der Waals surface area contributed by atoms with Crippen molar-refractivity contribution >= 4 is 16.9 Å². The van der Waals surface area contributed by atoms with Crippen LogP contribution in [-0.2, 0) is 12.7 Å². The second-order valence-corrected chi connectivity index (χ2v) is 7.54. The van der Waals surface area contributed by atoms with Gasteiger partial charge in [-0.2, -0.15) is 13.2 Å². The van der Waals surface area contributed by atoms with Crippen LogP contribution in [0.1, 0.15) is 35.0 Å². The number of amides is 1. The monoisotopic (exact) mass is 422 g/mol. The quantitative estimate of drug-likeness (QED) is 0.647. The number of hydrogen-bond acceptors (Lipinski definition) is 5. The van der Waals surface area contributed by atoms with Gasteiger partial charge in [-0.1, -0.05) is 0 Å². The second-order valence-electron chi connectivity index (χ2n) is 7.54. The van der Waals surface area contributed by atoms with E-state index < -0.39 is 23.3 Å². The van der Waals surface area contributed by atoms with Gasteiger partial charge in [0.1, 0.15) is 17.0 Å². The molecule has 3 heterocycles. The van der Waals surface area contributed by atoms with Gasteiger partial charge in [0.2, 0.25) is 0 Å². The molecule has 3 aromatic rings. The van der Waals surface area contributed by atoms with Gasteiger partial charge >= 0.3 is 6.18 Å². The third kappa shape index (κ3) is 3.74. The molecule has 10 heteroatoms. The molecule has 30 heavy (non-hydrogen) atoms. The molecule has 0 radical (unpaired) electrons. The molecule has 0 bridgehead atoms. The Labute approximate surface area is 168 Å². The molecule has 2 N–H and O–H groups in total. The van der Waals surface area contributed by atoms with Crippen molar-refractivity contribution in [3.63, 3.8) is 0 Å². The van der Waals surface area contributed by atoms with Crippen LogP contribution < -0.4 is 5.73 Å². The van der Waals surface area contributed by atoms with E-state index in [1.807, 2.05) is 0 Å². The van der Waals surface area contributed by atoms with E-state index in [4.69, 9.17) is 10.2 Å². The maximum atomic E-state index is 14.0. The summed E-state index contributed by atoms with van der Waals surface area (Å²) in [6.45, 7) is 1.65. The highest BCUT2D eigenvalue weighted by Gasteiger charge is 2.37. The Balaban J connectivity index is 1.68. The molecule has 2 aromatic heterocycles. The van der Waals surface area contributed by atoms with Crippen LogP contribution in [0.5, 0.6) is 0 Å². The summed E-state index contributed by atoms with van der Waals surface area (Å²) in [5, 5.41) is 0.225. The summed E-state index contributed by atoms with van der Waals surface area (Å²) < 4.78 is 59.8. The Morgan fingerprint density at radius 3 is 2.53 bits per heavy atom. The molecule has 1 atom stereocenters. The van der Waals surface area contributed by atoms with Crippen LogP contribution in [0.3, 0.4) is 0 Å². The molecular formula is C20H18F4N4O2. The molecule has 1 aromatic carbocycles. The minimum absolute atomic E-state index is 0.0196. The number of fused-ring (bicyclic) bond motifs is 1. The number of halogens is 4. The Hall–Kier alpha value is -3.01. The van der Waals surface area contributed by atoms with Crippen LogP contribution in [0.4, 0.5) is 17.6 Å². The number of nitrogens with two attached hydrogens (primary N) is 1. The molecule has 4 rings (SSSR count). The number of benzene rings is 1. The number of furan rings is 1. The molecule has 0 saturated carbocycles. The van der Waals surface area contributed by atoms with E-state index in [2.05, 4.69) is 9.97 Å². The first-order chi connectivity index (χ1) is 14.1. The summed E-state index contributed by atoms with van der Waals surface area (Å²) in [5.74, 6) is -0.178. The normalized spacial score (nSPS) is 19.6. The average Bonchev–Trinajstić information content (AvgIpc) is 3.28. The van der Waals surface area contributed by atoms with Gasteiger partial charge in [-0.15, -0.1) is 0 Å². The number of hydrogen-bond donors (Lipinski definition) is 1. The lowest BCUT2D eigenvalue weighted by Gasteiger charge is -2.17. The van der Waals surface area contributed by atoms with E-state index in [-0.39, 0.29) is 59.7 Å². The summed E-state index contributed by atoms with van der Waals surface area (Å²) >= 11 is 0. The highest BCUT2D eigenvalue weighted by Crippen LogP contribution is 2.38. The highest BCUT2D eigenvalue weighted by molar-refractivity contribution is 5.94. The van der Waals surface area contributed by atoms with Crippen LogP contribution in [0.15, 0.2) is 35.0 Å². The number of rotatable bonds is 3. The minimum atomic E-state index is -4.65. The summed E-state index contributed by atoms with van der Waals surface area (Å²) in [5.41, 5.74) is 3.04. The molecule has 1 saturated heterocycles. The Morgan fingerprint density at radius 1 is 1.27 bits per heavy atom. The largest absolute Gasteiger partial charge is 0.459 e. The van der Waals surface area contributed by atoms with E-state index in [1.165, 1.54) is 36.4 Å². The highest BCUT2D eigenvalue weighted by atomic mass is 19.4. The van der Waals surface area contributed by atoms with Gasteiger partial charge in [-0.25, -0.2) is 14.4 Å².